The molecule has 3 aromatic carbocycles. The number of alkyl halides is 2. The highest BCUT2D eigenvalue weighted by Crippen LogP contribution is 2.33. The smallest absolute Gasteiger partial charge is 0.337 e. The summed E-state index contributed by atoms with van der Waals surface area (Å²) in [6.07, 6.45) is -0.704. The first-order valence-corrected chi connectivity index (χ1v) is 13.4. The zero-order chi connectivity index (χ0) is 29.5. The summed E-state index contributed by atoms with van der Waals surface area (Å²) in [7, 11) is 0. The first-order valence-electron chi connectivity index (χ1n) is 13.4. The van der Waals surface area contributed by atoms with E-state index in [1.807, 2.05) is 19.9 Å². The number of piperidine rings is 1. The average molecular weight is 561 g/mol. The molecule has 7 nitrogen and oxygen atoms in total. The van der Waals surface area contributed by atoms with Crippen LogP contribution in [-0.4, -0.2) is 40.9 Å². The zero-order valence-corrected chi connectivity index (χ0v) is 23.0. The molecule has 1 fully saturated rings. The number of amides is 1. The molecule has 1 aliphatic rings. The van der Waals surface area contributed by atoms with Gasteiger partial charge in [0.1, 0.15) is 11.3 Å². The molecule has 0 unspecified atom stereocenters. The van der Waals surface area contributed by atoms with Gasteiger partial charge in [0.2, 0.25) is 0 Å². The highest BCUT2D eigenvalue weighted by Gasteiger charge is 2.35. The van der Waals surface area contributed by atoms with E-state index in [0.29, 0.717) is 44.7 Å². The first-order chi connectivity index (χ1) is 19.4. The maximum Gasteiger partial charge on any atom is 0.337 e. The summed E-state index contributed by atoms with van der Waals surface area (Å²) >= 11 is 0. The highest BCUT2D eigenvalue weighted by atomic mass is 19.3. The van der Waals surface area contributed by atoms with Crippen LogP contribution in [0.4, 0.5) is 14.5 Å². The fourth-order valence-electron chi connectivity index (χ4n) is 5.25. The first kappa shape index (κ1) is 28.0. The molecular formula is C32H30F2N2O5. The van der Waals surface area contributed by atoms with E-state index < -0.39 is 17.9 Å². The number of benzene rings is 3. The molecule has 4 aromatic rings. The van der Waals surface area contributed by atoms with Crippen molar-refractivity contribution in [3.8, 4) is 11.3 Å². The second-order valence-electron chi connectivity index (χ2n) is 10.6. The number of likely N-dealkylation sites (tertiary alicyclic amines) is 1. The standard InChI is InChI=1S/C32H30F2N2O5/c1-18-16-24(20(3)35-26-7-5-4-6-23(26)31(39)40)29-25(17-18)27(37)19(2)28(41-29)21-8-10-22(11-9-21)30(38)36-14-12-32(33,34)13-15-36/h4-11,16-17,20,35H,12-15H2,1-3H3,(H,39,40)/t20-/m1/s1. The third-order valence-corrected chi connectivity index (χ3v) is 7.56. The lowest BCUT2D eigenvalue weighted by Gasteiger charge is -2.31. The predicted octanol–water partition coefficient (Wildman–Crippen LogP) is 6.82. The number of carboxylic acid groups (broad SMARTS) is 1. The van der Waals surface area contributed by atoms with Gasteiger partial charge in [-0.25, -0.2) is 13.6 Å². The molecule has 0 saturated carbocycles. The molecule has 1 aliphatic heterocycles. The van der Waals surface area contributed by atoms with Gasteiger partial charge < -0.3 is 19.7 Å². The van der Waals surface area contributed by atoms with E-state index in [2.05, 4.69) is 5.32 Å². The average Bonchev–Trinajstić information content (AvgIpc) is 2.94. The second-order valence-corrected chi connectivity index (χ2v) is 10.6. The maximum atomic E-state index is 13.5. The van der Waals surface area contributed by atoms with Gasteiger partial charge in [-0.15, -0.1) is 0 Å². The zero-order valence-electron chi connectivity index (χ0n) is 23.0. The van der Waals surface area contributed by atoms with Crippen molar-refractivity contribution in [2.75, 3.05) is 18.4 Å². The maximum absolute atomic E-state index is 13.5. The molecule has 1 saturated heterocycles. The topological polar surface area (TPSA) is 99.8 Å². The van der Waals surface area contributed by atoms with Crippen LogP contribution in [0, 0.1) is 13.8 Å². The van der Waals surface area contributed by atoms with Crippen molar-refractivity contribution in [1.82, 2.24) is 4.90 Å². The van der Waals surface area contributed by atoms with Crippen molar-refractivity contribution >= 4 is 28.5 Å². The lowest BCUT2D eigenvalue weighted by atomic mass is 9.98. The number of rotatable bonds is 6. The van der Waals surface area contributed by atoms with Crippen LogP contribution in [0.25, 0.3) is 22.3 Å². The molecule has 5 rings (SSSR count). The second kappa shape index (κ2) is 10.8. The van der Waals surface area contributed by atoms with Gasteiger partial charge in [-0.05, 0) is 56.7 Å². The molecule has 2 heterocycles. The highest BCUT2D eigenvalue weighted by molar-refractivity contribution is 5.95. The van der Waals surface area contributed by atoms with Gasteiger partial charge in [0.25, 0.3) is 11.8 Å². The third-order valence-electron chi connectivity index (χ3n) is 7.56. The molecule has 1 atom stereocenters. The molecular weight excluding hydrogens is 530 g/mol. The fraction of sp³-hybridized carbons (Fsp3) is 0.281. The minimum atomic E-state index is -2.74. The van der Waals surface area contributed by atoms with Gasteiger partial charge in [0.05, 0.1) is 17.0 Å². The Bertz CT molecular complexity index is 1700. The number of hydrogen-bond donors (Lipinski definition) is 2. The number of nitrogens with one attached hydrogen (secondary N) is 1. The third kappa shape index (κ3) is 5.57. The number of aryl methyl sites for hydroxylation is 1. The molecule has 0 radical (unpaired) electrons. The van der Waals surface area contributed by atoms with Gasteiger partial charge in [-0.2, -0.15) is 0 Å². The number of aromatic carboxylic acids is 1. The predicted molar refractivity (Wildman–Crippen MR) is 153 cm³/mol. The molecule has 41 heavy (non-hydrogen) atoms. The number of hydrogen-bond acceptors (Lipinski definition) is 5. The van der Waals surface area contributed by atoms with Crippen LogP contribution >= 0.6 is 0 Å². The summed E-state index contributed by atoms with van der Waals surface area (Å²) in [6, 6.07) is 16.4. The Hall–Kier alpha value is -4.53. The van der Waals surface area contributed by atoms with Gasteiger partial charge in [0.15, 0.2) is 5.43 Å². The van der Waals surface area contributed by atoms with Crippen LogP contribution < -0.4 is 10.7 Å². The van der Waals surface area contributed by atoms with Crippen LogP contribution in [0.1, 0.15) is 63.2 Å². The summed E-state index contributed by atoms with van der Waals surface area (Å²) in [6.45, 7) is 5.42. The molecule has 9 heteroatoms. The van der Waals surface area contributed by atoms with Crippen LogP contribution in [0.15, 0.2) is 69.9 Å². The van der Waals surface area contributed by atoms with E-state index in [1.165, 1.54) is 11.0 Å². The summed E-state index contributed by atoms with van der Waals surface area (Å²) in [4.78, 5) is 39.5. The Labute approximate surface area is 235 Å². The number of halogens is 2. The van der Waals surface area contributed by atoms with Gasteiger partial charge in [-0.3, -0.25) is 9.59 Å². The molecule has 0 aliphatic carbocycles. The molecule has 0 spiro atoms. The normalized spacial score (nSPS) is 15.5. The van der Waals surface area contributed by atoms with Crippen LogP contribution in [0.5, 0.6) is 0 Å². The van der Waals surface area contributed by atoms with Gasteiger partial charge >= 0.3 is 5.97 Å². The monoisotopic (exact) mass is 560 g/mol. The van der Waals surface area contributed by atoms with Crippen LogP contribution in [-0.2, 0) is 0 Å². The van der Waals surface area contributed by atoms with E-state index >= 15 is 0 Å². The molecule has 212 valence electrons. The molecule has 1 aromatic heterocycles. The van der Waals surface area contributed by atoms with Gasteiger partial charge in [0, 0.05) is 53.9 Å². The molecule has 0 bridgehead atoms. The van der Waals surface area contributed by atoms with Gasteiger partial charge in [-0.1, -0.05) is 30.3 Å². The Morgan fingerprint density at radius 1 is 1.02 bits per heavy atom. The quantitative estimate of drug-likeness (QED) is 0.269. The summed E-state index contributed by atoms with van der Waals surface area (Å²) < 4.78 is 33.4. The number of anilines is 1. The number of nitrogens with zero attached hydrogens (tertiary/aromatic N) is 1. The van der Waals surface area contributed by atoms with E-state index in [4.69, 9.17) is 4.42 Å². The Morgan fingerprint density at radius 3 is 2.34 bits per heavy atom. The minimum Gasteiger partial charge on any atom is -0.478 e. The van der Waals surface area contributed by atoms with Crippen molar-refractivity contribution < 1.29 is 27.9 Å². The lowest BCUT2D eigenvalue weighted by Crippen LogP contribution is -2.42. The minimum absolute atomic E-state index is 0.00239. The largest absolute Gasteiger partial charge is 0.478 e. The Balaban J connectivity index is 1.50. The number of carboxylic acids is 1. The van der Waals surface area contributed by atoms with Crippen molar-refractivity contribution in [3.63, 3.8) is 0 Å². The summed E-state index contributed by atoms with van der Waals surface area (Å²) in [5.41, 5.74) is 3.65. The van der Waals surface area contributed by atoms with E-state index in [-0.39, 0.29) is 42.8 Å². The van der Waals surface area contributed by atoms with E-state index in [1.54, 1.807) is 55.5 Å². The Kier molecular flexibility index (Phi) is 7.38. The molecule has 2 N–H and O–H groups in total. The summed E-state index contributed by atoms with van der Waals surface area (Å²) in [5.74, 6) is -3.76. The number of carbonyl (C=O) groups excluding carboxylic acids is 1. The van der Waals surface area contributed by atoms with Crippen molar-refractivity contribution in [3.05, 3.63) is 98.7 Å². The lowest BCUT2D eigenvalue weighted by molar-refractivity contribution is -0.0494. The number of carbonyl (C=O) groups is 2. The Morgan fingerprint density at radius 2 is 1.68 bits per heavy atom. The fourth-order valence-corrected chi connectivity index (χ4v) is 5.25. The SMILES string of the molecule is Cc1cc([C@@H](C)Nc2ccccc2C(=O)O)c2oc(-c3ccc(C(=O)N4CCC(F)(F)CC4)cc3)c(C)c(=O)c2c1. The van der Waals surface area contributed by atoms with Crippen LogP contribution in [0.3, 0.4) is 0 Å². The van der Waals surface area contributed by atoms with Crippen molar-refractivity contribution in [1.29, 1.82) is 0 Å². The van der Waals surface area contributed by atoms with Crippen LogP contribution in [0.2, 0.25) is 0 Å². The van der Waals surface area contributed by atoms with E-state index in [9.17, 15) is 28.3 Å². The number of fused-ring (bicyclic) bond motifs is 1. The van der Waals surface area contributed by atoms with Crippen molar-refractivity contribution in [2.45, 2.75) is 45.6 Å². The molecule has 1 amide bonds. The van der Waals surface area contributed by atoms with Crippen molar-refractivity contribution in [2.24, 2.45) is 0 Å². The number of para-hydroxylation sites is 1. The van der Waals surface area contributed by atoms with E-state index in [0.717, 1.165) is 5.56 Å². The summed E-state index contributed by atoms with van der Waals surface area (Å²) in [5, 5.41) is 13.2.